The van der Waals surface area contributed by atoms with Gasteiger partial charge in [0, 0.05) is 24.9 Å². The van der Waals surface area contributed by atoms with Crippen LogP contribution in [0.5, 0.6) is 5.75 Å². The molecule has 0 aliphatic carbocycles. The van der Waals surface area contributed by atoms with E-state index in [1.807, 2.05) is 11.5 Å². The number of methoxy groups -OCH3 is 1. The van der Waals surface area contributed by atoms with Crippen LogP contribution < -0.4 is 10.5 Å². The third-order valence-corrected chi connectivity index (χ3v) is 5.57. The predicted octanol–water partition coefficient (Wildman–Crippen LogP) is 3.11. The fourth-order valence-electron chi connectivity index (χ4n) is 2.77. The topological polar surface area (TPSA) is 100 Å². The van der Waals surface area contributed by atoms with Crippen molar-refractivity contribution in [3.63, 3.8) is 0 Å². The normalized spacial score (nSPS) is 12.2. The number of Topliss-reactive ketones (excluding diaryl/α,β-unsaturated/α-hetero) is 1. The average molecular weight is 405 g/mol. The molecule has 1 unspecified atom stereocenters. The average Bonchev–Trinajstić information content (AvgIpc) is 3.04. The molecule has 1 heterocycles. The highest BCUT2D eigenvalue weighted by Gasteiger charge is 2.24. The van der Waals surface area contributed by atoms with Gasteiger partial charge in [-0.3, -0.25) is 9.59 Å². The zero-order chi connectivity index (χ0) is 20.7. The number of hydrogen-bond donors (Lipinski definition) is 1. The highest BCUT2D eigenvalue weighted by Crippen LogP contribution is 2.28. The summed E-state index contributed by atoms with van der Waals surface area (Å²) in [6.07, 6.45) is 1.34. The first kappa shape index (κ1) is 21.9. The van der Waals surface area contributed by atoms with Crippen molar-refractivity contribution in [1.82, 2.24) is 14.8 Å². The molecular weight excluding hydrogens is 376 g/mol. The van der Waals surface area contributed by atoms with Gasteiger partial charge >= 0.3 is 0 Å². The molecule has 1 atom stereocenters. The first-order chi connectivity index (χ1) is 13.3. The lowest BCUT2D eigenvalue weighted by Gasteiger charge is -2.16. The lowest BCUT2D eigenvalue weighted by molar-refractivity contribution is -0.118. The highest BCUT2D eigenvalue weighted by molar-refractivity contribution is 8.00. The van der Waals surface area contributed by atoms with E-state index in [0.29, 0.717) is 35.2 Å². The maximum atomic E-state index is 13.0. The Hall–Kier alpha value is -2.35. The molecule has 8 heteroatoms. The van der Waals surface area contributed by atoms with Crippen LogP contribution in [0.3, 0.4) is 0 Å². The molecule has 0 aliphatic rings. The number of carbonyl (C=O) groups is 2. The molecule has 2 rings (SSSR count). The Balaban J connectivity index is 2.22. The van der Waals surface area contributed by atoms with Gasteiger partial charge in [-0.05, 0) is 36.6 Å². The van der Waals surface area contributed by atoms with Crippen molar-refractivity contribution in [3.8, 4) is 5.75 Å². The van der Waals surface area contributed by atoms with Crippen LogP contribution in [-0.4, -0.2) is 38.8 Å². The van der Waals surface area contributed by atoms with Gasteiger partial charge in [0.2, 0.25) is 5.91 Å². The maximum Gasteiger partial charge on any atom is 0.217 e. The number of ether oxygens (including phenoxy) is 1. The summed E-state index contributed by atoms with van der Waals surface area (Å²) in [5.74, 6) is 1.50. The second kappa shape index (κ2) is 10.3. The van der Waals surface area contributed by atoms with E-state index in [1.165, 1.54) is 11.8 Å². The highest BCUT2D eigenvalue weighted by atomic mass is 32.2. The Bertz CT molecular complexity index is 802. The molecule has 0 fully saturated rings. The number of amides is 1. The third-order valence-electron chi connectivity index (χ3n) is 4.22. The summed E-state index contributed by atoms with van der Waals surface area (Å²) in [6.45, 7) is 6.91. The largest absolute Gasteiger partial charge is 0.497 e. The van der Waals surface area contributed by atoms with Crippen molar-refractivity contribution in [1.29, 1.82) is 0 Å². The molecule has 0 saturated carbocycles. The van der Waals surface area contributed by atoms with Crippen molar-refractivity contribution < 1.29 is 14.3 Å². The summed E-state index contributed by atoms with van der Waals surface area (Å²) in [5.41, 5.74) is 5.91. The molecule has 2 aromatic rings. The van der Waals surface area contributed by atoms with Gasteiger partial charge in [-0.15, -0.1) is 10.2 Å². The summed E-state index contributed by atoms with van der Waals surface area (Å²) in [7, 11) is 1.60. The minimum atomic E-state index is -0.366. The summed E-state index contributed by atoms with van der Waals surface area (Å²) in [4.78, 5) is 24.1. The predicted molar refractivity (Wildman–Crippen MR) is 110 cm³/mol. The van der Waals surface area contributed by atoms with E-state index in [2.05, 4.69) is 24.0 Å². The Morgan fingerprint density at radius 3 is 2.43 bits per heavy atom. The van der Waals surface area contributed by atoms with Crippen LogP contribution in [0.1, 0.15) is 49.8 Å². The van der Waals surface area contributed by atoms with Crippen molar-refractivity contribution in [2.75, 3.05) is 7.11 Å². The van der Waals surface area contributed by atoms with Crippen molar-refractivity contribution in [2.24, 2.45) is 11.7 Å². The first-order valence-electron chi connectivity index (χ1n) is 9.41. The quantitative estimate of drug-likeness (QED) is 0.456. The van der Waals surface area contributed by atoms with E-state index in [0.717, 1.165) is 12.4 Å². The second-order valence-electron chi connectivity index (χ2n) is 6.98. The fraction of sp³-hybridized carbons (Fsp3) is 0.500. The van der Waals surface area contributed by atoms with Crippen LogP contribution in [0.15, 0.2) is 29.4 Å². The van der Waals surface area contributed by atoms with Gasteiger partial charge in [-0.1, -0.05) is 32.5 Å². The minimum Gasteiger partial charge on any atom is -0.497 e. The third kappa shape index (κ3) is 5.82. The van der Waals surface area contributed by atoms with Gasteiger partial charge < -0.3 is 15.0 Å². The van der Waals surface area contributed by atoms with Crippen LogP contribution in [0.4, 0.5) is 0 Å². The summed E-state index contributed by atoms with van der Waals surface area (Å²) < 4.78 is 7.16. The monoisotopic (exact) mass is 404 g/mol. The number of primary amides is 1. The summed E-state index contributed by atoms with van der Waals surface area (Å²) in [5, 5.41) is 8.96. The van der Waals surface area contributed by atoms with E-state index in [1.54, 1.807) is 31.4 Å². The number of nitrogens with zero attached hydrogens (tertiary/aromatic N) is 3. The molecule has 1 amide bonds. The molecule has 0 bridgehead atoms. The number of hydrogen-bond acceptors (Lipinski definition) is 6. The second-order valence-corrected chi connectivity index (χ2v) is 8.15. The molecule has 152 valence electrons. The lowest BCUT2D eigenvalue weighted by atomic mass is 10.1. The van der Waals surface area contributed by atoms with Crippen LogP contribution >= 0.6 is 11.8 Å². The van der Waals surface area contributed by atoms with Crippen LogP contribution in [0.25, 0.3) is 0 Å². The number of aromatic nitrogens is 3. The van der Waals surface area contributed by atoms with E-state index < -0.39 is 0 Å². The van der Waals surface area contributed by atoms with Gasteiger partial charge in [-0.25, -0.2) is 0 Å². The molecule has 0 saturated heterocycles. The van der Waals surface area contributed by atoms with Crippen molar-refractivity contribution in [3.05, 3.63) is 35.7 Å². The molecular formula is C20H28N4O3S. The zero-order valence-corrected chi connectivity index (χ0v) is 17.7. The van der Waals surface area contributed by atoms with Gasteiger partial charge in [0.05, 0.1) is 12.4 Å². The molecule has 2 N–H and O–H groups in total. The Labute approximate surface area is 170 Å². The van der Waals surface area contributed by atoms with Gasteiger partial charge in [0.25, 0.3) is 0 Å². The molecule has 0 aliphatic heterocycles. The number of benzene rings is 1. The molecule has 0 spiro atoms. The Morgan fingerprint density at radius 2 is 1.89 bits per heavy atom. The number of thioether (sulfide) groups is 1. The number of ketones is 1. The van der Waals surface area contributed by atoms with Gasteiger partial charge in [0.15, 0.2) is 10.9 Å². The first-order valence-corrected chi connectivity index (χ1v) is 10.3. The van der Waals surface area contributed by atoms with Crippen molar-refractivity contribution >= 4 is 23.5 Å². The summed E-state index contributed by atoms with van der Waals surface area (Å²) in [6, 6.07) is 7.13. The van der Waals surface area contributed by atoms with Crippen molar-refractivity contribution in [2.45, 2.75) is 57.0 Å². The van der Waals surface area contributed by atoms with E-state index >= 15 is 0 Å². The number of carbonyl (C=O) groups excluding carboxylic acids is 2. The molecule has 0 radical (unpaired) electrons. The minimum absolute atomic E-state index is 0.0490. The number of rotatable bonds is 11. The molecule has 1 aromatic heterocycles. The van der Waals surface area contributed by atoms with Crippen LogP contribution in [0.2, 0.25) is 0 Å². The number of aryl methyl sites for hydroxylation is 1. The Kier molecular flexibility index (Phi) is 8.04. The molecule has 7 nitrogen and oxygen atoms in total. The SMILES string of the molecule is CCC(Sc1nnc(CCC(N)=O)n1CC(C)C)C(=O)c1ccc(OC)cc1. The summed E-state index contributed by atoms with van der Waals surface area (Å²) >= 11 is 1.42. The van der Waals surface area contributed by atoms with E-state index in [-0.39, 0.29) is 23.4 Å². The lowest BCUT2D eigenvalue weighted by Crippen LogP contribution is -2.19. The standard InChI is InChI=1S/C20H28N4O3S/c1-5-16(19(26)14-6-8-15(27-4)9-7-14)28-20-23-22-18(11-10-17(21)25)24(20)12-13(2)3/h6-9,13,16H,5,10-12H2,1-4H3,(H2,21,25). The maximum absolute atomic E-state index is 13.0. The fourth-order valence-corrected chi connectivity index (χ4v) is 3.82. The number of nitrogens with two attached hydrogens (primary N) is 1. The van der Waals surface area contributed by atoms with E-state index in [9.17, 15) is 9.59 Å². The molecule has 1 aromatic carbocycles. The smallest absolute Gasteiger partial charge is 0.217 e. The van der Waals surface area contributed by atoms with E-state index in [4.69, 9.17) is 10.5 Å². The van der Waals surface area contributed by atoms with Crippen LogP contribution in [0, 0.1) is 5.92 Å². The van der Waals surface area contributed by atoms with Gasteiger partial charge in [-0.2, -0.15) is 0 Å². The zero-order valence-electron chi connectivity index (χ0n) is 16.8. The Morgan fingerprint density at radius 1 is 1.21 bits per heavy atom. The molecule has 28 heavy (non-hydrogen) atoms. The van der Waals surface area contributed by atoms with Crippen LogP contribution in [-0.2, 0) is 17.8 Å². The van der Waals surface area contributed by atoms with Gasteiger partial charge in [0.1, 0.15) is 11.6 Å².